The summed E-state index contributed by atoms with van der Waals surface area (Å²) in [5.74, 6) is 2.45. The summed E-state index contributed by atoms with van der Waals surface area (Å²) in [5, 5.41) is 5.66. The highest BCUT2D eigenvalue weighted by Crippen LogP contribution is 2.16. The zero-order valence-electron chi connectivity index (χ0n) is 10.4. The molecule has 1 aliphatic rings. The van der Waals surface area contributed by atoms with Gasteiger partial charge in [0, 0.05) is 6.04 Å². The topological polar surface area (TPSA) is 79.5 Å². The number of nitrogens with two attached hydrogens (primary N) is 1. The van der Waals surface area contributed by atoms with Crippen LogP contribution in [0.2, 0.25) is 0 Å². The quantitative estimate of drug-likeness (QED) is 0.296. The number of hydrogen-bond donors (Lipinski definition) is 3. The van der Waals surface area contributed by atoms with E-state index >= 15 is 0 Å². The van der Waals surface area contributed by atoms with E-state index in [-0.39, 0.29) is 43.0 Å². The molecule has 0 spiro atoms. The largest absolute Gasteiger partial charge is 0.370 e. The van der Waals surface area contributed by atoms with E-state index < -0.39 is 0 Å². The molecule has 18 heavy (non-hydrogen) atoms. The summed E-state index contributed by atoms with van der Waals surface area (Å²) in [5.41, 5.74) is 5.70. The van der Waals surface area contributed by atoms with Crippen LogP contribution in [0.5, 0.6) is 0 Å². The number of halogens is 1. The first-order chi connectivity index (χ1) is 8.22. The van der Waals surface area contributed by atoms with Crippen LogP contribution in [-0.2, 0) is 4.79 Å². The number of terminal acetylenes is 1. The number of carbonyl (C=O) groups excluding carboxylic acids is 1. The number of nitrogens with zero attached hydrogens (tertiary/aromatic N) is 1. The molecule has 1 rings (SSSR count). The maximum absolute atomic E-state index is 11.2. The lowest BCUT2D eigenvalue weighted by molar-refractivity contribution is -0.119. The third kappa shape index (κ3) is 7.37. The first-order valence-electron chi connectivity index (χ1n) is 5.99. The van der Waals surface area contributed by atoms with Gasteiger partial charge < -0.3 is 16.4 Å². The molecule has 0 atom stereocenters. The Kier molecular flexibility index (Phi) is 9.46. The van der Waals surface area contributed by atoms with Crippen LogP contribution < -0.4 is 16.4 Å². The zero-order chi connectivity index (χ0) is 12.5. The highest BCUT2D eigenvalue weighted by molar-refractivity contribution is 14.0. The van der Waals surface area contributed by atoms with Crippen molar-refractivity contribution < 1.29 is 4.79 Å². The van der Waals surface area contributed by atoms with Crippen molar-refractivity contribution in [2.45, 2.75) is 38.1 Å². The molecule has 0 heterocycles. The maximum Gasteiger partial charge on any atom is 0.242 e. The molecule has 102 valence electrons. The van der Waals surface area contributed by atoms with E-state index in [1.54, 1.807) is 0 Å². The summed E-state index contributed by atoms with van der Waals surface area (Å²) in [6.45, 7) is 0.248. The molecule has 0 aliphatic heterocycles. The molecule has 1 aliphatic carbocycles. The van der Waals surface area contributed by atoms with Crippen molar-refractivity contribution in [2.75, 3.05) is 13.1 Å². The molecule has 0 aromatic heterocycles. The van der Waals surface area contributed by atoms with Gasteiger partial charge in [0.2, 0.25) is 5.91 Å². The number of carbonyl (C=O) groups is 1. The molecular formula is C12H21IN4O. The van der Waals surface area contributed by atoms with E-state index in [0.717, 1.165) is 12.8 Å². The second kappa shape index (κ2) is 10.00. The third-order valence-corrected chi connectivity index (χ3v) is 2.74. The van der Waals surface area contributed by atoms with Crippen molar-refractivity contribution in [1.82, 2.24) is 10.6 Å². The van der Waals surface area contributed by atoms with Crippen LogP contribution in [-0.4, -0.2) is 31.0 Å². The fourth-order valence-corrected chi connectivity index (χ4v) is 1.86. The molecule has 0 aromatic rings. The molecule has 5 nitrogen and oxygen atoms in total. The van der Waals surface area contributed by atoms with Crippen molar-refractivity contribution in [3.8, 4) is 12.3 Å². The molecule has 0 unspecified atom stereocenters. The smallest absolute Gasteiger partial charge is 0.242 e. The highest BCUT2D eigenvalue weighted by Gasteiger charge is 2.13. The van der Waals surface area contributed by atoms with Gasteiger partial charge in [0.1, 0.15) is 6.54 Å². The minimum atomic E-state index is -0.212. The van der Waals surface area contributed by atoms with Crippen molar-refractivity contribution in [2.24, 2.45) is 10.7 Å². The summed E-state index contributed by atoms with van der Waals surface area (Å²) in [7, 11) is 0. The van der Waals surface area contributed by atoms with Gasteiger partial charge in [0.15, 0.2) is 5.96 Å². The van der Waals surface area contributed by atoms with E-state index in [9.17, 15) is 4.79 Å². The van der Waals surface area contributed by atoms with Crippen LogP contribution in [0.3, 0.4) is 0 Å². The average Bonchev–Trinajstić information content (AvgIpc) is 2.35. The second-order valence-electron chi connectivity index (χ2n) is 4.16. The molecule has 0 aromatic carbocycles. The van der Waals surface area contributed by atoms with Gasteiger partial charge in [-0.1, -0.05) is 25.2 Å². The molecule has 0 radical (unpaired) electrons. The minimum absolute atomic E-state index is 0. The van der Waals surface area contributed by atoms with Crippen molar-refractivity contribution in [3.05, 3.63) is 0 Å². The van der Waals surface area contributed by atoms with Gasteiger partial charge in [-0.2, -0.15) is 0 Å². The number of guanidine groups is 1. The fraction of sp³-hybridized carbons (Fsp3) is 0.667. The number of aliphatic imine (C=N–C) groups is 1. The predicted octanol–water partition coefficient (Wildman–Crippen LogP) is 0.591. The Morgan fingerprint density at radius 2 is 2.06 bits per heavy atom. The van der Waals surface area contributed by atoms with Crippen molar-refractivity contribution in [3.63, 3.8) is 0 Å². The molecular weight excluding hydrogens is 343 g/mol. The van der Waals surface area contributed by atoms with Crippen molar-refractivity contribution >= 4 is 35.8 Å². The zero-order valence-corrected chi connectivity index (χ0v) is 12.8. The van der Waals surface area contributed by atoms with Gasteiger partial charge in [-0.05, 0) is 12.8 Å². The Bertz CT molecular complexity index is 319. The summed E-state index contributed by atoms with van der Waals surface area (Å²) < 4.78 is 0. The van der Waals surface area contributed by atoms with Crippen LogP contribution in [0.25, 0.3) is 0 Å². The van der Waals surface area contributed by atoms with E-state index in [1.165, 1.54) is 19.3 Å². The lowest BCUT2D eigenvalue weighted by Gasteiger charge is -2.23. The van der Waals surface area contributed by atoms with Gasteiger partial charge in [-0.15, -0.1) is 30.4 Å². The van der Waals surface area contributed by atoms with E-state index in [4.69, 9.17) is 12.2 Å². The predicted molar refractivity (Wildman–Crippen MR) is 83.8 cm³/mol. The van der Waals surface area contributed by atoms with E-state index in [2.05, 4.69) is 21.5 Å². The monoisotopic (exact) mass is 364 g/mol. The van der Waals surface area contributed by atoms with E-state index in [1.807, 2.05) is 0 Å². The maximum atomic E-state index is 11.2. The molecule has 1 saturated carbocycles. The van der Waals surface area contributed by atoms with Crippen LogP contribution in [0.1, 0.15) is 32.1 Å². The molecule has 1 fully saturated rings. The number of nitrogens with one attached hydrogen (secondary N) is 2. The number of rotatable bonds is 4. The molecule has 0 bridgehead atoms. The Labute approximate surface area is 125 Å². The van der Waals surface area contributed by atoms with Gasteiger partial charge in [0.05, 0.1) is 6.54 Å². The van der Waals surface area contributed by atoms with Crippen LogP contribution >= 0.6 is 24.0 Å². The summed E-state index contributed by atoms with van der Waals surface area (Å²) in [6, 6.07) is 0.404. The summed E-state index contributed by atoms with van der Waals surface area (Å²) in [6.07, 6.45) is 11.0. The van der Waals surface area contributed by atoms with Crippen molar-refractivity contribution in [1.29, 1.82) is 0 Å². The Morgan fingerprint density at radius 1 is 1.39 bits per heavy atom. The number of amides is 1. The van der Waals surface area contributed by atoms with Gasteiger partial charge >= 0.3 is 0 Å². The first kappa shape index (κ1) is 17.0. The fourth-order valence-electron chi connectivity index (χ4n) is 1.86. The first-order valence-corrected chi connectivity index (χ1v) is 5.99. The Hall–Kier alpha value is -0.970. The van der Waals surface area contributed by atoms with Gasteiger partial charge in [-0.25, -0.2) is 4.99 Å². The van der Waals surface area contributed by atoms with Gasteiger partial charge in [0.25, 0.3) is 0 Å². The summed E-state index contributed by atoms with van der Waals surface area (Å²) >= 11 is 0. The number of hydrogen-bond acceptors (Lipinski definition) is 2. The Morgan fingerprint density at radius 3 is 2.67 bits per heavy atom. The molecule has 0 saturated heterocycles. The van der Waals surface area contributed by atoms with Crippen LogP contribution in [0.4, 0.5) is 0 Å². The van der Waals surface area contributed by atoms with Crippen LogP contribution in [0.15, 0.2) is 4.99 Å². The highest BCUT2D eigenvalue weighted by atomic mass is 127. The Balaban J connectivity index is 0.00000289. The van der Waals surface area contributed by atoms with Crippen LogP contribution in [0, 0.1) is 12.3 Å². The van der Waals surface area contributed by atoms with Gasteiger partial charge in [-0.3, -0.25) is 4.79 Å². The molecule has 4 N–H and O–H groups in total. The lowest BCUT2D eigenvalue weighted by atomic mass is 9.96. The standard InChI is InChI=1S/C12H20N4O.HI/c1-2-8-14-11(17)9-15-12(13)16-10-6-4-3-5-7-10;/h1,10H,3-9H2,(H,14,17)(H3,13,15,16);1H. The third-order valence-electron chi connectivity index (χ3n) is 2.74. The average molecular weight is 364 g/mol. The summed E-state index contributed by atoms with van der Waals surface area (Å²) in [4.78, 5) is 15.2. The lowest BCUT2D eigenvalue weighted by Crippen LogP contribution is -2.41. The molecule has 1 amide bonds. The van der Waals surface area contributed by atoms with E-state index in [0.29, 0.717) is 12.0 Å². The normalized spacial score (nSPS) is 16.3. The SMILES string of the molecule is C#CCNC(=O)CN=C(N)NC1CCCCC1.I. The molecule has 6 heteroatoms. The minimum Gasteiger partial charge on any atom is -0.370 e. The second-order valence-corrected chi connectivity index (χ2v) is 4.16.